The van der Waals surface area contributed by atoms with Gasteiger partial charge in [0.25, 0.3) is 0 Å². The van der Waals surface area contributed by atoms with Crippen molar-refractivity contribution >= 4 is 6.03 Å². The maximum absolute atomic E-state index is 12.8. The molecule has 1 saturated carbocycles. The number of carbonyl (C=O) groups is 1. The van der Waals surface area contributed by atoms with Crippen LogP contribution in [0.15, 0.2) is 24.7 Å². The van der Waals surface area contributed by atoms with E-state index in [0.717, 1.165) is 57.0 Å². The summed E-state index contributed by atoms with van der Waals surface area (Å²) in [6, 6.07) is 2.67. The summed E-state index contributed by atoms with van der Waals surface area (Å²) < 4.78 is 37.9. The second-order valence-corrected chi connectivity index (χ2v) is 8.96. The Hall–Kier alpha value is -2.65. The number of alkyl halides is 3. The number of nitrogens with one attached hydrogen (secondary N) is 1. The minimum Gasteiger partial charge on any atom is -0.324 e. The monoisotopic (exact) mass is 420 g/mol. The first-order valence-corrected chi connectivity index (χ1v) is 10.2. The van der Waals surface area contributed by atoms with Gasteiger partial charge >= 0.3 is 12.2 Å². The van der Waals surface area contributed by atoms with Gasteiger partial charge in [0, 0.05) is 49.4 Å². The van der Waals surface area contributed by atoms with E-state index in [-0.39, 0.29) is 17.4 Å². The van der Waals surface area contributed by atoms with E-state index in [2.05, 4.69) is 20.2 Å². The fourth-order valence-corrected chi connectivity index (χ4v) is 5.24. The molecule has 160 valence electrons. The first-order chi connectivity index (χ1) is 14.3. The maximum atomic E-state index is 12.8. The molecule has 1 spiro atoms. The van der Waals surface area contributed by atoms with Gasteiger partial charge in [-0.25, -0.2) is 9.78 Å². The summed E-state index contributed by atoms with van der Waals surface area (Å²) in [4.78, 5) is 24.7. The Morgan fingerprint density at radius 1 is 1.20 bits per heavy atom. The average molecular weight is 420 g/mol. The summed E-state index contributed by atoms with van der Waals surface area (Å²) >= 11 is 0. The summed E-state index contributed by atoms with van der Waals surface area (Å²) in [6.45, 7) is 2.94. The molecule has 3 aliphatic rings. The highest BCUT2D eigenvalue weighted by Crippen LogP contribution is 2.53. The van der Waals surface area contributed by atoms with E-state index in [1.165, 1.54) is 12.4 Å². The highest BCUT2D eigenvalue weighted by molar-refractivity contribution is 5.76. The Labute approximate surface area is 171 Å². The van der Waals surface area contributed by atoms with Crippen LogP contribution in [0.5, 0.6) is 0 Å². The molecule has 1 atom stereocenters. The van der Waals surface area contributed by atoms with E-state index < -0.39 is 11.7 Å². The molecule has 3 fully saturated rings. The molecule has 30 heavy (non-hydrogen) atoms. The third kappa shape index (κ3) is 3.52. The number of hydrogen-bond acceptors (Lipinski definition) is 4. The van der Waals surface area contributed by atoms with Crippen molar-refractivity contribution in [2.45, 2.75) is 37.8 Å². The zero-order valence-electron chi connectivity index (χ0n) is 16.4. The molecule has 2 aromatic rings. The van der Waals surface area contributed by atoms with Crippen LogP contribution in [0.3, 0.4) is 0 Å². The van der Waals surface area contributed by atoms with E-state index in [1.54, 1.807) is 0 Å². The van der Waals surface area contributed by atoms with Gasteiger partial charge in [-0.1, -0.05) is 0 Å². The summed E-state index contributed by atoms with van der Waals surface area (Å²) in [5.74, 6) is 1.48. The fourth-order valence-electron chi connectivity index (χ4n) is 5.24. The van der Waals surface area contributed by atoms with Gasteiger partial charge in [0.05, 0.1) is 5.56 Å². The number of pyridine rings is 1. The topological polar surface area (TPSA) is 78.0 Å². The molecule has 0 unspecified atom stereocenters. The van der Waals surface area contributed by atoms with Crippen molar-refractivity contribution in [1.82, 2.24) is 30.0 Å². The molecule has 2 aliphatic heterocycles. The molecule has 1 aliphatic carbocycles. The molecule has 1 N–H and O–H groups in total. The van der Waals surface area contributed by atoms with E-state index >= 15 is 0 Å². The molecular weight excluding hydrogens is 397 g/mol. The molecule has 0 bridgehead atoms. The van der Waals surface area contributed by atoms with Gasteiger partial charge in [-0.05, 0) is 43.7 Å². The number of aromatic amines is 1. The van der Waals surface area contributed by atoms with Crippen molar-refractivity contribution in [2.24, 2.45) is 11.3 Å². The van der Waals surface area contributed by atoms with Crippen molar-refractivity contribution in [3.63, 3.8) is 0 Å². The molecule has 5 rings (SSSR count). The van der Waals surface area contributed by atoms with Crippen molar-refractivity contribution in [1.29, 1.82) is 0 Å². The third-order valence-corrected chi connectivity index (χ3v) is 6.70. The molecular formula is C20H23F3N6O. The molecule has 0 aromatic carbocycles. The Bertz CT molecular complexity index is 900. The third-order valence-electron chi connectivity index (χ3n) is 6.70. The lowest BCUT2D eigenvalue weighted by molar-refractivity contribution is -0.137. The van der Waals surface area contributed by atoms with Crippen molar-refractivity contribution < 1.29 is 18.0 Å². The van der Waals surface area contributed by atoms with Gasteiger partial charge in [0.15, 0.2) is 0 Å². The standard InChI is InChI=1S/C20H23F3N6O/c21-20(22,23)15-1-2-16(24-8-15)5-13-6-19(7-13)10-29(11-19)18(30)28-4-3-14(9-28)17-25-12-26-27-17/h1-2,8,12-14H,3-7,9-11H2,(H,25,26,27)/t14-/m0/s1. The predicted octanol–water partition coefficient (Wildman–Crippen LogP) is 3.08. The minimum absolute atomic E-state index is 0.0931. The van der Waals surface area contributed by atoms with E-state index in [9.17, 15) is 18.0 Å². The van der Waals surface area contributed by atoms with E-state index in [4.69, 9.17) is 0 Å². The van der Waals surface area contributed by atoms with Crippen molar-refractivity contribution in [3.8, 4) is 0 Å². The fraction of sp³-hybridized carbons (Fsp3) is 0.600. The van der Waals surface area contributed by atoms with Gasteiger partial charge in [-0.15, -0.1) is 0 Å². The number of aromatic nitrogens is 4. The summed E-state index contributed by atoms with van der Waals surface area (Å²) in [6.07, 6.45) is 1.64. The number of likely N-dealkylation sites (tertiary alicyclic amines) is 2. The molecule has 10 heteroatoms. The van der Waals surface area contributed by atoms with Gasteiger partial charge < -0.3 is 9.80 Å². The molecule has 4 heterocycles. The molecule has 2 saturated heterocycles. The van der Waals surface area contributed by atoms with Crippen LogP contribution in [0, 0.1) is 11.3 Å². The summed E-state index contributed by atoms with van der Waals surface area (Å²) in [7, 11) is 0. The zero-order chi connectivity index (χ0) is 20.9. The number of H-pyrrole nitrogens is 1. The SMILES string of the molecule is O=C(N1CC[C@H](c2ncn[nH]2)C1)N1CC2(CC(Cc3ccc(C(F)(F)F)cn3)C2)C1. The number of halogens is 3. The number of carbonyl (C=O) groups excluding carboxylic acids is 1. The predicted molar refractivity (Wildman–Crippen MR) is 100 cm³/mol. The summed E-state index contributed by atoms with van der Waals surface area (Å²) in [5, 5.41) is 6.77. The van der Waals surface area contributed by atoms with Crippen molar-refractivity contribution in [3.05, 3.63) is 41.7 Å². The van der Waals surface area contributed by atoms with Crippen LogP contribution in [-0.2, 0) is 12.6 Å². The second kappa shape index (κ2) is 6.95. The molecule has 2 amide bonds. The Kier molecular flexibility index (Phi) is 4.48. The van der Waals surface area contributed by atoms with Crippen LogP contribution in [0.2, 0.25) is 0 Å². The quantitative estimate of drug-likeness (QED) is 0.828. The normalized spacial score (nSPS) is 23.5. The maximum Gasteiger partial charge on any atom is 0.417 e. The summed E-state index contributed by atoms with van der Waals surface area (Å²) in [5.41, 5.74) is 0.179. The van der Waals surface area contributed by atoms with E-state index in [1.807, 2.05) is 9.80 Å². The average Bonchev–Trinajstić information content (AvgIpc) is 3.33. The van der Waals surface area contributed by atoms with Crippen LogP contribution in [0.1, 0.15) is 42.3 Å². The van der Waals surface area contributed by atoms with Crippen molar-refractivity contribution in [2.75, 3.05) is 26.2 Å². The Morgan fingerprint density at radius 2 is 2.00 bits per heavy atom. The largest absolute Gasteiger partial charge is 0.417 e. The Balaban J connectivity index is 1.08. The van der Waals surface area contributed by atoms with Crippen LogP contribution < -0.4 is 0 Å². The number of amides is 2. The zero-order valence-corrected chi connectivity index (χ0v) is 16.4. The van der Waals surface area contributed by atoms with Crippen LogP contribution in [0.4, 0.5) is 18.0 Å². The second-order valence-electron chi connectivity index (χ2n) is 8.96. The lowest BCUT2D eigenvalue weighted by atomic mass is 9.57. The minimum atomic E-state index is -4.35. The molecule has 7 nitrogen and oxygen atoms in total. The van der Waals surface area contributed by atoms with Gasteiger partial charge in [0.2, 0.25) is 0 Å². The van der Waals surface area contributed by atoms with E-state index in [0.29, 0.717) is 24.6 Å². The lowest BCUT2D eigenvalue weighted by Gasteiger charge is -2.59. The number of rotatable bonds is 3. The van der Waals surface area contributed by atoms with Crippen LogP contribution >= 0.6 is 0 Å². The lowest BCUT2D eigenvalue weighted by Crippen LogP contribution is -2.65. The highest BCUT2D eigenvalue weighted by Gasteiger charge is 2.54. The highest BCUT2D eigenvalue weighted by atomic mass is 19.4. The number of nitrogens with zero attached hydrogens (tertiary/aromatic N) is 5. The van der Waals surface area contributed by atoms with Crippen LogP contribution in [-0.4, -0.2) is 62.2 Å². The van der Waals surface area contributed by atoms with Gasteiger partial charge in [-0.3, -0.25) is 10.1 Å². The van der Waals surface area contributed by atoms with Gasteiger partial charge in [-0.2, -0.15) is 18.3 Å². The van der Waals surface area contributed by atoms with Crippen LogP contribution in [0.25, 0.3) is 0 Å². The molecule has 0 radical (unpaired) electrons. The van der Waals surface area contributed by atoms with Gasteiger partial charge in [0.1, 0.15) is 12.2 Å². The number of urea groups is 1. The first-order valence-electron chi connectivity index (χ1n) is 10.2. The first kappa shape index (κ1) is 19.3. The molecule has 2 aromatic heterocycles. The number of hydrogen-bond donors (Lipinski definition) is 1. The smallest absolute Gasteiger partial charge is 0.324 e. The Morgan fingerprint density at radius 3 is 2.63 bits per heavy atom.